The second-order valence-electron chi connectivity index (χ2n) is 4.85. The summed E-state index contributed by atoms with van der Waals surface area (Å²) in [7, 11) is 0. The normalized spacial score (nSPS) is 9.87. The first-order valence-electron chi connectivity index (χ1n) is 7.05. The van der Waals surface area contributed by atoms with Crippen molar-refractivity contribution < 1.29 is 9.47 Å². The third kappa shape index (κ3) is 3.60. The lowest BCUT2D eigenvalue weighted by Gasteiger charge is -2.09. The maximum absolute atomic E-state index is 8.98. The standard InChI is InChI=1S/C19H14N2O2/c20-13-14-12-18(10-11-19(14)21)23-17-8-6-16(7-9-17)22-15-4-2-1-3-5-15/h1-12H,21H2. The molecule has 3 aromatic rings. The maximum atomic E-state index is 8.98. The lowest BCUT2D eigenvalue weighted by molar-refractivity contribution is 0.469. The van der Waals surface area contributed by atoms with E-state index >= 15 is 0 Å². The number of hydrogen-bond acceptors (Lipinski definition) is 4. The lowest BCUT2D eigenvalue weighted by Crippen LogP contribution is -1.91. The summed E-state index contributed by atoms with van der Waals surface area (Å²) in [6.45, 7) is 0. The monoisotopic (exact) mass is 302 g/mol. The van der Waals surface area contributed by atoms with E-state index in [1.165, 1.54) is 0 Å². The fourth-order valence-electron chi connectivity index (χ4n) is 2.03. The van der Waals surface area contributed by atoms with Crippen LogP contribution in [0.4, 0.5) is 5.69 Å². The molecule has 0 unspecified atom stereocenters. The van der Waals surface area contributed by atoms with E-state index in [9.17, 15) is 0 Å². The van der Waals surface area contributed by atoms with Crippen LogP contribution in [0, 0.1) is 11.3 Å². The van der Waals surface area contributed by atoms with Gasteiger partial charge in [0, 0.05) is 11.8 Å². The van der Waals surface area contributed by atoms with Crippen molar-refractivity contribution >= 4 is 5.69 Å². The number of para-hydroxylation sites is 1. The molecular formula is C19H14N2O2. The Bertz CT molecular complexity index is 837. The minimum absolute atomic E-state index is 0.395. The molecule has 4 nitrogen and oxygen atoms in total. The molecule has 0 radical (unpaired) electrons. The number of rotatable bonds is 4. The van der Waals surface area contributed by atoms with E-state index in [4.69, 9.17) is 20.5 Å². The highest BCUT2D eigenvalue weighted by Gasteiger charge is 2.03. The predicted molar refractivity (Wildman–Crippen MR) is 88.6 cm³/mol. The van der Waals surface area contributed by atoms with Crippen molar-refractivity contribution in [3.63, 3.8) is 0 Å². The molecule has 0 saturated carbocycles. The van der Waals surface area contributed by atoms with Crippen LogP contribution >= 0.6 is 0 Å². The molecule has 0 spiro atoms. The zero-order chi connectivity index (χ0) is 16.1. The minimum Gasteiger partial charge on any atom is -0.457 e. The molecule has 112 valence electrons. The van der Waals surface area contributed by atoms with Gasteiger partial charge in [-0.2, -0.15) is 5.26 Å². The number of nitriles is 1. The van der Waals surface area contributed by atoms with Crippen molar-refractivity contribution in [2.75, 3.05) is 5.73 Å². The lowest BCUT2D eigenvalue weighted by atomic mass is 10.2. The van der Waals surface area contributed by atoms with E-state index in [0.717, 1.165) is 11.5 Å². The highest BCUT2D eigenvalue weighted by Crippen LogP contribution is 2.28. The van der Waals surface area contributed by atoms with Crippen LogP contribution in [-0.4, -0.2) is 0 Å². The van der Waals surface area contributed by atoms with Crippen LogP contribution in [-0.2, 0) is 0 Å². The average molecular weight is 302 g/mol. The summed E-state index contributed by atoms with van der Waals surface area (Å²) in [5.74, 6) is 2.71. The Morgan fingerprint density at radius 3 is 1.83 bits per heavy atom. The molecule has 0 fully saturated rings. The van der Waals surface area contributed by atoms with E-state index in [-0.39, 0.29) is 0 Å². The fourth-order valence-corrected chi connectivity index (χ4v) is 2.03. The molecule has 2 N–H and O–H groups in total. The smallest absolute Gasteiger partial charge is 0.128 e. The number of benzene rings is 3. The molecule has 0 atom stereocenters. The largest absolute Gasteiger partial charge is 0.457 e. The number of nitrogen functional groups attached to an aromatic ring is 1. The first kappa shape index (κ1) is 14.5. The van der Waals surface area contributed by atoms with Gasteiger partial charge in [0.05, 0.1) is 5.56 Å². The number of hydrogen-bond donors (Lipinski definition) is 1. The molecule has 0 saturated heterocycles. The Balaban J connectivity index is 1.71. The van der Waals surface area contributed by atoms with Crippen LogP contribution in [0.3, 0.4) is 0 Å². The summed E-state index contributed by atoms with van der Waals surface area (Å²) < 4.78 is 11.4. The zero-order valence-electron chi connectivity index (χ0n) is 12.3. The molecule has 0 bridgehead atoms. The third-order valence-corrected chi connectivity index (χ3v) is 3.18. The first-order valence-corrected chi connectivity index (χ1v) is 7.05. The van der Waals surface area contributed by atoms with E-state index < -0.39 is 0 Å². The van der Waals surface area contributed by atoms with Crippen LogP contribution < -0.4 is 15.2 Å². The molecule has 0 aliphatic rings. The summed E-state index contributed by atoms with van der Waals surface area (Å²) >= 11 is 0. The van der Waals surface area contributed by atoms with Gasteiger partial charge in [0.2, 0.25) is 0 Å². The third-order valence-electron chi connectivity index (χ3n) is 3.18. The number of anilines is 1. The molecule has 3 aromatic carbocycles. The van der Waals surface area contributed by atoms with Gasteiger partial charge in [0.1, 0.15) is 29.1 Å². The Labute approximate surface area is 134 Å². The molecule has 23 heavy (non-hydrogen) atoms. The molecular weight excluding hydrogens is 288 g/mol. The van der Waals surface area contributed by atoms with Crippen molar-refractivity contribution in [3.05, 3.63) is 78.4 Å². The van der Waals surface area contributed by atoms with Crippen molar-refractivity contribution in [2.45, 2.75) is 0 Å². The minimum atomic E-state index is 0.395. The summed E-state index contributed by atoms with van der Waals surface area (Å²) in [6.07, 6.45) is 0. The highest BCUT2D eigenvalue weighted by molar-refractivity contribution is 5.57. The van der Waals surface area contributed by atoms with Gasteiger partial charge in [-0.25, -0.2) is 0 Å². The zero-order valence-corrected chi connectivity index (χ0v) is 12.3. The van der Waals surface area contributed by atoms with Gasteiger partial charge in [-0.1, -0.05) is 18.2 Å². The molecule has 0 heterocycles. The van der Waals surface area contributed by atoms with Crippen LogP contribution in [0.15, 0.2) is 72.8 Å². The van der Waals surface area contributed by atoms with E-state index in [2.05, 4.69) is 0 Å². The molecule has 0 aliphatic carbocycles. The predicted octanol–water partition coefficient (Wildman–Crippen LogP) is 4.73. The van der Waals surface area contributed by atoms with Crippen molar-refractivity contribution in [1.29, 1.82) is 5.26 Å². The number of ether oxygens (including phenoxy) is 2. The summed E-state index contributed by atoms with van der Waals surface area (Å²) in [6, 6.07) is 23.8. The Kier molecular flexibility index (Phi) is 4.12. The molecule has 0 amide bonds. The summed E-state index contributed by atoms with van der Waals surface area (Å²) in [5.41, 5.74) is 6.52. The van der Waals surface area contributed by atoms with Gasteiger partial charge in [0.15, 0.2) is 0 Å². The second kappa shape index (κ2) is 6.54. The van der Waals surface area contributed by atoms with Crippen LogP contribution in [0.25, 0.3) is 0 Å². The molecule has 0 aliphatic heterocycles. The van der Waals surface area contributed by atoms with Gasteiger partial charge in [-0.05, 0) is 48.5 Å². The highest BCUT2D eigenvalue weighted by atomic mass is 16.5. The summed E-state index contributed by atoms with van der Waals surface area (Å²) in [4.78, 5) is 0. The fraction of sp³-hybridized carbons (Fsp3) is 0. The summed E-state index contributed by atoms with van der Waals surface area (Å²) in [5, 5.41) is 8.98. The van der Waals surface area contributed by atoms with Crippen molar-refractivity contribution in [1.82, 2.24) is 0 Å². The van der Waals surface area contributed by atoms with E-state index in [0.29, 0.717) is 22.7 Å². The molecule has 4 heteroatoms. The van der Waals surface area contributed by atoms with Crippen molar-refractivity contribution in [3.8, 4) is 29.1 Å². The Morgan fingerprint density at radius 2 is 1.22 bits per heavy atom. The van der Waals surface area contributed by atoms with Crippen LogP contribution in [0.5, 0.6) is 23.0 Å². The maximum Gasteiger partial charge on any atom is 0.128 e. The van der Waals surface area contributed by atoms with Crippen LogP contribution in [0.1, 0.15) is 5.56 Å². The molecule has 0 aromatic heterocycles. The average Bonchev–Trinajstić information content (AvgIpc) is 2.59. The van der Waals surface area contributed by atoms with Crippen molar-refractivity contribution in [2.24, 2.45) is 0 Å². The second-order valence-corrected chi connectivity index (χ2v) is 4.85. The molecule has 3 rings (SSSR count). The SMILES string of the molecule is N#Cc1cc(Oc2ccc(Oc3ccccc3)cc2)ccc1N. The quantitative estimate of drug-likeness (QED) is 0.708. The van der Waals surface area contributed by atoms with E-state index in [1.807, 2.05) is 48.5 Å². The van der Waals surface area contributed by atoms with Crippen LogP contribution in [0.2, 0.25) is 0 Å². The van der Waals surface area contributed by atoms with Gasteiger partial charge < -0.3 is 15.2 Å². The number of nitrogens with two attached hydrogens (primary N) is 1. The van der Waals surface area contributed by atoms with E-state index in [1.54, 1.807) is 30.3 Å². The van der Waals surface area contributed by atoms with Gasteiger partial charge >= 0.3 is 0 Å². The Morgan fingerprint density at radius 1 is 0.696 bits per heavy atom. The van der Waals surface area contributed by atoms with Gasteiger partial charge in [0.25, 0.3) is 0 Å². The first-order chi connectivity index (χ1) is 11.2. The topological polar surface area (TPSA) is 68.3 Å². The number of nitrogens with zero attached hydrogens (tertiary/aromatic N) is 1. The Hall–Kier alpha value is -3.45. The van der Waals surface area contributed by atoms with Gasteiger partial charge in [-0.15, -0.1) is 0 Å². The van der Waals surface area contributed by atoms with Gasteiger partial charge in [-0.3, -0.25) is 0 Å².